The van der Waals surface area contributed by atoms with Crippen molar-refractivity contribution in [1.29, 1.82) is 0 Å². The van der Waals surface area contributed by atoms with Gasteiger partial charge in [-0.25, -0.2) is 13.4 Å². The number of nitrogens with one attached hydrogen (secondary N) is 1. The van der Waals surface area contributed by atoms with Crippen molar-refractivity contribution in [2.24, 2.45) is 5.92 Å². The average Bonchev–Trinajstić information content (AvgIpc) is 3.27. The zero-order valence-electron chi connectivity index (χ0n) is 17.9. The summed E-state index contributed by atoms with van der Waals surface area (Å²) in [6, 6.07) is 15.6. The summed E-state index contributed by atoms with van der Waals surface area (Å²) in [6.45, 7) is 4.64. The van der Waals surface area contributed by atoms with Gasteiger partial charge in [0.1, 0.15) is 0 Å². The lowest BCUT2D eigenvalue weighted by Gasteiger charge is -2.34. The van der Waals surface area contributed by atoms with Crippen LogP contribution in [0.2, 0.25) is 0 Å². The van der Waals surface area contributed by atoms with E-state index in [1.54, 1.807) is 23.5 Å². The number of aromatic nitrogens is 1. The largest absolute Gasteiger partial charge is 0.379 e. The van der Waals surface area contributed by atoms with E-state index < -0.39 is 10.0 Å². The molecule has 0 spiro atoms. The minimum Gasteiger partial charge on any atom is -0.379 e. The Morgan fingerprint density at radius 1 is 1.00 bits per heavy atom. The van der Waals surface area contributed by atoms with Crippen molar-refractivity contribution in [2.45, 2.75) is 17.7 Å². The Morgan fingerprint density at radius 3 is 2.44 bits per heavy atom. The maximum Gasteiger partial charge on any atom is 0.243 e. The molecule has 1 aromatic heterocycles. The molecular weight excluding hydrogens is 444 g/mol. The van der Waals surface area contributed by atoms with E-state index >= 15 is 0 Å². The summed E-state index contributed by atoms with van der Waals surface area (Å²) in [4.78, 5) is 7.36. The van der Waals surface area contributed by atoms with Crippen molar-refractivity contribution in [3.05, 3.63) is 48.5 Å². The van der Waals surface area contributed by atoms with Gasteiger partial charge in [-0.3, -0.25) is 0 Å². The highest BCUT2D eigenvalue weighted by Gasteiger charge is 2.26. The number of thiazole rings is 1. The fourth-order valence-electron chi connectivity index (χ4n) is 4.34. The van der Waals surface area contributed by atoms with Crippen LogP contribution in [0.1, 0.15) is 12.8 Å². The third-order valence-corrected chi connectivity index (χ3v) is 9.17. The molecule has 7 nitrogen and oxygen atoms in total. The molecule has 0 atom stereocenters. The Labute approximate surface area is 193 Å². The first-order chi connectivity index (χ1) is 15.6. The number of sulfonamides is 1. The molecule has 3 heterocycles. The number of anilines is 2. The van der Waals surface area contributed by atoms with Crippen molar-refractivity contribution in [2.75, 3.05) is 56.2 Å². The standard InChI is InChI=1S/C23H28N4O3S2/c28-32(29,27-13-15-30-16-14-27)20-7-5-19(6-8-20)26-11-9-18(10-12-26)17-24-23-25-21-3-1-2-4-22(21)31-23/h1-8,18H,9-17H2,(H,24,25). The Kier molecular flexibility index (Phi) is 6.32. The Morgan fingerprint density at radius 2 is 1.72 bits per heavy atom. The second kappa shape index (κ2) is 9.35. The second-order valence-corrected chi connectivity index (χ2v) is 11.3. The molecule has 0 radical (unpaired) electrons. The molecule has 2 fully saturated rings. The molecule has 2 aliphatic heterocycles. The molecule has 0 aliphatic carbocycles. The van der Waals surface area contributed by atoms with Crippen molar-refractivity contribution < 1.29 is 13.2 Å². The van der Waals surface area contributed by atoms with Crippen LogP contribution in [0.25, 0.3) is 10.2 Å². The molecule has 0 amide bonds. The summed E-state index contributed by atoms with van der Waals surface area (Å²) in [7, 11) is -3.44. The van der Waals surface area contributed by atoms with Crippen LogP contribution in [0.4, 0.5) is 10.8 Å². The van der Waals surface area contributed by atoms with Gasteiger partial charge in [0.05, 0.1) is 28.3 Å². The average molecular weight is 473 g/mol. The van der Waals surface area contributed by atoms with Crippen LogP contribution in [0.5, 0.6) is 0 Å². The number of hydrogen-bond donors (Lipinski definition) is 1. The molecule has 1 N–H and O–H groups in total. The zero-order chi connectivity index (χ0) is 22.0. The fourth-order valence-corrected chi connectivity index (χ4v) is 6.62. The summed E-state index contributed by atoms with van der Waals surface area (Å²) in [6.07, 6.45) is 2.21. The van der Waals surface area contributed by atoms with Gasteiger partial charge < -0.3 is 15.0 Å². The van der Waals surface area contributed by atoms with Crippen LogP contribution in [0, 0.1) is 5.92 Å². The van der Waals surface area contributed by atoms with Gasteiger partial charge in [-0.15, -0.1) is 0 Å². The van der Waals surface area contributed by atoms with Crippen molar-refractivity contribution >= 4 is 42.4 Å². The molecule has 9 heteroatoms. The molecule has 2 aromatic carbocycles. The predicted octanol–water partition coefficient (Wildman–Crippen LogP) is 3.65. The summed E-state index contributed by atoms with van der Waals surface area (Å²) in [5.41, 5.74) is 2.14. The highest BCUT2D eigenvalue weighted by Crippen LogP contribution is 2.28. The van der Waals surface area contributed by atoms with Gasteiger partial charge >= 0.3 is 0 Å². The number of benzene rings is 2. The molecule has 3 aromatic rings. The number of piperidine rings is 1. The molecule has 0 saturated carbocycles. The third kappa shape index (κ3) is 4.61. The predicted molar refractivity (Wildman–Crippen MR) is 129 cm³/mol. The fraction of sp³-hybridized carbons (Fsp3) is 0.435. The second-order valence-electron chi connectivity index (χ2n) is 8.31. The smallest absolute Gasteiger partial charge is 0.243 e. The van der Waals surface area contributed by atoms with Crippen molar-refractivity contribution in [1.82, 2.24) is 9.29 Å². The minimum atomic E-state index is -3.44. The van der Waals surface area contributed by atoms with Gasteiger partial charge in [0, 0.05) is 38.4 Å². The zero-order valence-corrected chi connectivity index (χ0v) is 19.6. The minimum absolute atomic E-state index is 0.359. The van der Waals surface area contributed by atoms with E-state index in [1.165, 1.54) is 9.01 Å². The van der Waals surface area contributed by atoms with Crippen LogP contribution in [0.15, 0.2) is 53.4 Å². The van der Waals surface area contributed by atoms with Crippen molar-refractivity contribution in [3.8, 4) is 0 Å². The van der Waals surface area contributed by atoms with E-state index in [9.17, 15) is 8.42 Å². The van der Waals surface area contributed by atoms with Gasteiger partial charge in [-0.1, -0.05) is 23.5 Å². The Hall–Kier alpha value is -2.20. The van der Waals surface area contributed by atoms with Crippen LogP contribution >= 0.6 is 11.3 Å². The van der Waals surface area contributed by atoms with Crippen LogP contribution in [-0.2, 0) is 14.8 Å². The van der Waals surface area contributed by atoms with E-state index in [-0.39, 0.29) is 0 Å². The third-order valence-electron chi connectivity index (χ3n) is 6.26. The SMILES string of the molecule is O=S(=O)(c1ccc(N2CCC(CNc3nc4ccccc4s3)CC2)cc1)N1CCOCC1. The van der Waals surface area contributed by atoms with Gasteiger partial charge in [0.25, 0.3) is 0 Å². The van der Waals surface area contributed by atoms with E-state index in [0.29, 0.717) is 37.1 Å². The van der Waals surface area contributed by atoms with Gasteiger partial charge in [0.2, 0.25) is 10.0 Å². The Bertz CT molecular complexity index is 1120. The van der Waals surface area contributed by atoms with Crippen LogP contribution in [0.3, 0.4) is 0 Å². The summed E-state index contributed by atoms with van der Waals surface area (Å²) in [5, 5.41) is 4.51. The lowest BCUT2D eigenvalue weighted by Crippen LogP contribution is -2.40. The summed E-state index contributed by atoms with van der Waals surface area (Å²) < 4.78 is 33.6. The number of para-hydroxylation sites is 1. The molecule has 2 aliphatic rings. The van der Waals surface area contributed by atoms with E-state index in [0.717, 1.165) is 48.8 Å². The number of fused-ring (bicyclic) bond motifs is 1. The van der Waals surface area contributed by atoms with Gasteiger partial charge in [0.15, 0.2) is 5.13 Å². The molecule has 0 unspecified atom stereocenters. The summed E-state index contributed by atoms with van der Waals surface area (Å²) >= 11 is 1.70. The molecular formula is C23H28N4O3S2. The van der Waals surface area contributed by atoms with E-state index in [4.69, 9.17) is 4.74 Å². The number of rotatable bonds is 6. The number of nitrogens with zero attached hydrogens (tertiary/aromatic N) is 3. The molecule has 32 heavy (non-hydrogen) atoms. The molecule has 0 bridgehead atoms. The summed E-state index contributed by atoms with van der Waals surface area (Å²) in [5.74, 6) is 0.610. The highest BCUT2D eigenvalue weighted by atomic mass is 32.2. The number of morpholine rings is 1. The monoisotopic (exact) mass is 472 g/mol. The number of hydrogen-bond acceptors (Lipinski definition) is 7. The molecule has 2 saturated heterocycles. The van der Waals surface area contributed by atoms with Crippen LogP contribution < -0.4 is 10.2 Å². The Balaban J connectivity index is 1.14. The lowest BCUT2D eigenvalue weighted by atomic mass is 9.96. The van der Waals surface area contributed by atoms with Crippen molar-refractivity contribution in [3.63, 3.8) is 0 Å². The van der Waals surface area contributed by atoms with E-state index in [2.05, 4.69) is 21.3 Å². The quantitative estimate of drug-likeness (QED) is 0.590. The topological polar surface area (TPSA) is 74.8 Å². The maximum absolute atomic E-state index is 12.8. The van der Waals surface area contributed by atoms with E-state index in [1.807, 2.05) is 30.3 Å². The first-order valence-electron chi connectivity index (χ1n) is 11.1. The number of ether oxygens (including phenoxy) is 1. The highest BCUT2D eigenvalue weighted by molar-refractivity contribution is 7.89. The maximum atomic E-state index is 12.8. The first-order valence-corrected chi connectivity index (χ1v) is 13.4. The molecule has 5 rings (SSSR count). The van der Waals surface area contributed by atoms with Gasteiger partial charge in [-0.2, -0.15) is 4.31 Å². The van der Waals surface area contributed by atoms with Gasteiger partial charge in [-0.05, 0) is 55.2 Å². The first kappa shape index (κ1) is 21.6. The normalized spacial score (nSPS) is 18.8. The van der Waals surface area contributed by atoms with Crippen LogP contribution in [-0.4, -0.2) is 63.6 Å². The molecule has 170 valence electrons. The lowest BCUT2D eigenvalue weighted by molar-refractivity contribution is 0.0730.